The van der Waals surface area contributed by atoms with Gasteiger partial charge in [0.1, 0.15) is 11.4 Å². The van der Waals surface area contributed by atoms with Gasteiger partial charge in [0, 0.05) is 30.5 Å². The molecule has 0 aliphatic heterocycles. The first kappa shape index (κ1) is 18.4. The van der Waals surface area contributed by atoms with Gasteiger partial charge in [-0.25, -0.2) is 9.59 Å². The molecule has 2 heterocycles. The molecule has 0 radical (unpaired) electrons. The largest absolute Gasteiger partial charge is 0.421 e. The van der Waals surface area contributed by atoms with Crippen LogP contribution in [0.1, 0.15) is 19.4 Å². The lowest BCUT2D eigenvalue weighted by Crippen LogP contribution is -2.40. The number of amides is 2. The highest BCUT2D eigenvalue weighted by atomic mass is 16.4. The minimum absolute atomic E-state index is 0.0353. The second kappa shape index (κ2) is 8.31. The zero-order valence-electron chi connectivity index (χ0n) is 15.3. The van der Waals surface area contributed by atoms with Crippen molar-refractivity contribution in [3.8, 4) is 11.3 Å². The molecule has 0 saturated carbocycles. The quantitative estimate of drug-likeness (QED) is 0.739. The summed E-state index contributed by atoms with van der Waals surface area (Å²) in [6.45, 7) is 4.30. The normalized spacial score (nSPS) is 10.6. The second-order valence-corrected chi connectivity index (χ2v) is 6.38. The number of hydrogen-bond donors (Lipinski definition) is 1. The van der Waals surface area contributed by atoms with Crippen LogP contribution in [0, 0.1) is 0 Å². The van der Waals surface area contributed by atoms with Crippen molar-refractivity contribution < 1.29 is 9.21 Å². The highest BCUT2D eigenvalue weighted by molar-refractivity contribution is 5.89. The Hall–Kier alpha value is -3.41. The van der Waals surface area contributed by atoms with Crippen molar-refractivity contribution in [1.82, 2.24) is 9.88 Å². The Morgan fingerprint density at radius 1 is 1.11 bits per heavy atom. The van der Waals surface area contributed by atoms with Crippen molar-refractivity contribution >= 4 is 11.7 Å². The van der Waals surface area contributed by atoms with Crippen molar-refractivity contribution in [3.05, 3.63) is 83.0 Å². The lowest BCUT2D eigenvalue weighted by atomic mass is 10.2. The summed E-state index contributed by atoms with van der Waals surface area (Å²) in [4.78, 5) is 30.6. The molecule has 0 unspecified atom stereocenters. The number of carbonyl (C=O) groups excluding carboxylic acids is 1. The molecule has 1 aromatic carbocycles. The zero-order chi connectivity index (χ0) is 19.2. The average Bonchev–Trinajstić information content (AvgIpc) is 2.69. The number of benzene rings is 1. The number of carbonyl (C=O) groups is 1. The van der Waals surface area contributed by atoms with Crippen molar-refractivity contribution in [2.24, 2.45) is 0 Å². The first-order valence-electron chi connectivity index (χ1n) is 8.70. The third-order valence-electron chi connectivity index (χ3n) is 4.09. The van der Waals surface area contributed by atoms with Crippen LogP contribution in [0.5, 0.6) is 0 Å². The van der Waals surface area contributed by atoms with E-state index in [0.717, 1.165) is 5.56 Å². The Morgan fingerprint density at radius 2 is 1.89 bits per heavy atom. The van der Waals surface area contributed by atoms with Crippen LogP contribution in [0.25, 0.3) is 11.3 Å². The van der Waals surface area contributed by atoms with Gasteiger partial charge in [-0.05, 0) is 43.7 Å². The van der Waals surface area contributed by atoms with Crippen LogP contribution in [0.15, 0.2) is 76.2 Å². The third-order valence-corrected chi connectivity index (χ3v) is 4.09. The molecule has 0 atom stereocenters. The SMILES string of the molecule is CC(C)N(Cc1ccccc1)C(=O)Nc1ccc(-c2cccnc2)oc1=O. The van der Waals surface area contributed by atoms with E-state index in [1.165, 1.54) is 0 Å². The summed E-state index contributed by atoms with van der Waals surface area (Å²) in [6, 6.07) is 16.1. The fourth-order valence-corrected chi connectivity index (χ4v) is 2.63. The maximum atomic E-state index is 12.7. The maximum Gasteiger partial charge on any atom is 0.360 e. The summed E-state index contributed by atoms with van der Waals surface area (Å²) in [5.74, 6) is 0.399. The number of pyridine rings is 1. The lowest BCUT2D eigenvalue weighted by molar-refractivity contribution is 0.193. The number of hydrogen-bond acceptors (Lipinski definition) is 4. The highest BCUT2D eigenvalue weighted by Gasteiger charge is 2.19. The van der Waals surface area contributed by atoms with E-state index in [0.29, 0.717) is 17.9 Å². The number of nitrogens with zero attached hydrogens (tertiary/aromatic N) is 2. The molecule has 3 aromatic rings. The first-order valence-corrected chi connectivity index (χ1v) is 8.70. The Morgan fingerprint density at radius 3 is 2.52 bits per heavy atom. The van der Waals surface area contributed by atoms with E-state index in [9.17, 15) is 9.59 Å². The van der Waals surface area contributed by atoms with Crippen LogP contribution in [-0.4, -0.2) is 22.0 Å². The van der Waals surface area contributed by atoms with Crippen LogP contribution in [0.2, 0.25) is 0 Å². The summed E-state index contributed by atoms with van der Waals surface area (Å²) in [5.41, 5.74) is 1.21. The van der Waals surface area contributed by atoms with Gasteiger partial charge in [-0.3, -0.25) is 4.98 Å². The molecule has 6 nitrogen and oxygen atoms in total. The number of rotatable bonds is 5. The molecule has 27 heavy (non-hydrogen) atoms. The summed E-state index contributed by atoms with van der Waals surface area (Å²) in [7, 11) is 0. The van der Waals surface area contributed by atoms with Gasteiger partial charge < -0.3 is 14.6 Å². The highest BCUT2D eigenvalue weighted by Crippen LogP contribution is 2.18. The van der Waals surface area contributed by atoms with Gasteiger partial charge in [-0.15, -0.1) is 0 Å². The van der Waals surface area contributed by atoms with E-state index in [4.69, 9.17) is 4.42 Å². The fourth-order valence-electron chi connectivity index (χ4n) is 2.63. The van der Waals surface area contributed by atoms with Crippen LogP contribution in [0.4, 0.5) is 10.5 Å². The Labute approximate surface area is 157 Å². The number of aromatic nitrogens is 1. The monoisotopic (exact) mass is 363 g/mol. The predicted molar refractivity (Wildman–Crippen MR) is 104 cm³/mol. The van der Waals surface area contributed by atoms with Crippen LogP contribution < -0.4 is 10.9 Å². The molecule has 0 aliphatic rings. The topological polar surface area (TPSA) is 75.4 Å². The van der Waals surface area contributed by atoms with Crippen molar-refractivity contribution in [2.75, 3.05) is 5.32 Å². The van der Waals surface area contributed by atoms with Crippen LogP contribution >= 0.6 is 0 Å². The van der Waals surface area contributed by atoms with Gasteiger partial charge in [-0.1, -0.05) is 30.3 Å². The summed E-state index contributed by atoms with van der Waals surface area (Å²) in [5, 5.41) is 2.66. The Balaban J connectivity index is 1.77. The molecule has 0 spiro atoms. The molecule has 0 aliphatic carbocycles. The molecule has 0 fully saturated rings. The molecule has 2 amide bonds. The van der Waals surface area contributed by atoms with Crippen molar-refractivity contribution in [1.29, 1.82) is 0 Å². The molecule has 2 aromatic heterocycles. The third kappa shape index (κ3) is 4.61. The van der Waals surface area contributed by atoms with Crippen molar-refractivity contribution in [2.45, 2.75) is 26.4 Å². The minimum Gasteiger partial charge on any atom is -0.421 e. The van der Waals surface area contributed by atoms with E-state index in [2.05, 4.69) is 10.3 Å². The number of urea groups is 1. The fraction of sp³-hybridized carbons (Fsp3) is 0.190. The van der Waals surface area contributed by atoms with Gasteiger partial charge >= 0.3 is 11.7 Å². The van der Waals surface area contributed by atoms with Gasteiger partial charge in [-0.2, -0.15) is 0 Å². The molecule has 3 rings (SSSR count). The van der Waals surface area contributed by atoms with Crippen molar-refractivity contribution in [3.63, 3.8) is 0 Å². The Bertz CT molecular complexity index is 953. The summed E-state index contributed by atoms with van der Waals surface area (Å²) >= 11 is 0. The second-order valence-electron chi connectivity index (χ2n) is 6.38. The van der Waals surface area contributed by atoms with Gasteiger partial charge in [0.05, 0.1) is 0 Å². The lowest BCUT2D eigenvalue weighted by Gasteiger charge is -2.27. The number of nitrogens with one attached hydrogen (secondary N) is 1. The first-order chi connectivity index (χ1) is 13.0. The van der Waals surface area contributed by atoms with Crippen LogP contribution in [-0.2, 0) is 6.54 Å². The molecule has 6 heteroatoms. The molecule has 1 N–H and O–H groups in total. The number of anilines is 1. The van der Waals surface area contributed by atoms with E-state index in [-0.39, 0.29) is 17.8 Å². The zero-order valence-corrected chi connectivity index (χ0v) is 15.3. The minimum atomic E-state index is -0.604. The molecule has 0 bridgehead atoms. The van der Waals surface area contributed by atoms with E-state index < -0.39 is 5.63 Å². The standard InChI is InChI=1S/C21H21N3O3/c1-15(2)24(14-16-7-4-3-5-8-16)21(26)23-18-10-11-19(27-20(18)25)17-9-6-12-22-13-17/h3-13,15H,14H2,1-2H3,(H,23,26). The molecular weight excluding hydrogens is 342 g/mol. The van der Waals surface area contributed by atoms with Gasteiger partial charge in [0.2, 0.25) is 0 Å². The van der Waals surface area contributed by atoms with Crippen LogP contribution in [0.3, 0.4) is 0 Å². The maximum absolute atomic E-state index is 12.7. The van der Waals surface area contributed by atoms with Gasteiger partial charge in [0.15, 0.2) is 0 Å². The molecular formula is C21H21N3O3. The predicted octanol–water partition coefficient (Wildman–Crippen LogP) is 4.14. The molecule has 0 saturated heterocycles. The smallest absolute Gasteiger partial charge is 0.360 e. The van der Waals surface area contributed by atoms with E-state index in [1.807, 2.05) is 44.2 Å². The summed E-state index contributed by atoms with van der Waals surface area (Å²) in [6.07, 6.45) is 3.25. The molecule has 138 valence electrons. The van der Waals surface area contributed by atoms with E-state index in [1.54, 1.807) is 41.6 Å². The van der Waals surface area contributed by atoms with Gasteiger partial charge in [0.25, 0.3) is 0 Å². The van der Waals surface area contributed by atoms with E-state index >= 15 is 0 Å². The Kier molecular flexibility index (Phi) is 5.66. The summed E-state index contributed by atoms with van der Waals surface area (Å²) < 4.78 is 5.33. The average molecular weight is 363 g/mol.